The third kappa shape index (κ3) is 4.40. The van der Waals surface area contributed by atoms with Gasteiger partial charge in [-0.15, -0.1) is 0 Å². The Morgan fingerprint density at radius 3 is 2.44 bits per heavy atom. The van der Waals surface area contributed by atoms with Gasteiger partial charge in [0.15, 0.2) is 0 Å². The third-order valence-corrected chi connectivity index (χ3v) is 5.46. The highest BCUT2D eigenvalue weighted by Crippen LogP contribution is 2.33. The van der Waals surface area contributed by atoms with E-state index < -0.39 is 22.0 Å². The van der Waals surface area contributed by atoms with Crippen molar-refractivity contribution >= 4 is 10.0 Å². The Kier molecular flexibility index (Phi) is 5.58. The van der Waals surface area contributed by atoms with E-state index in [0.717, 1.165) is 6.07 Å². The Morgan fingerprint density at radius 2 is 1.92 bits per heavy atom. The van der Waals surface area contributed by atoms with Gasteiger partial charge in [-0.1, -0.05) is 31.1 Å². The van der Waals surface area contributed by atoms with E-state index >= 15 is 0 Å². The molecule has 25 heavy (non-hydrogen) atoms. The first kappa shape index (κ1) is 19.5. The summed E-state index contributed by atoms with van der Waals surface area (Å²) in [4.78, 5) is 0.0318. The van der Waals surface area contributed by atoms with Gasteiger partial charge in [0, 0.05) is 17.7 Å². The molecule has 0 saturated carbocycles. The molecule has 0 amide bonds. The summed E-state index contributed by atoms with van der Waals surface area (Å²) in [5.74, 6) is -1.23. The third-order valence-electron chi connectivity index (χ3n) is 3.79. The molecule has 2 aromatic rings. The molecule has 1 N–H and O–H groups in total. The van der Waals surface area contributed by atoms with Crippen molar-refractivity contribution in [2.45, 2.75) is 50.7 Å². The van der Waals surface area contributed by atoms with Crippen molar-refractivity contribution in [1.29, 1.82) is 0 Å². The van der Waals surface area contributed by atoms with Crippen molar-refractivity contribution in [2.75, 3.05) is 0 Å². The summed E-state index contributed by atoms with van der Waals surface area (Å²) in [6.45, 7) is 5.38. The Morgan fingerprint density at radius 1 is 1.24 bits per heavy atom. The lowest BCUT2D eigenvalue weighted by Gasteiger charge is -2.15. The number of sulfonamides is 1. The molecule has 1 unspecified atom stereocenters. The van der Waals surface area contributed by atoms with E-state index in [1.807, 2.05) is 6.92 Å². The van der Waals surface area contributed by atoms with Crippen LogP contribution < -0.4 is 4.72 Å². The van der Waals surface area contributed by atoms with E-state index in [4.69, 9.17) is 0 Å². The van der Waals surface area contributed by atoms with Crippen LogP contribution >= 0.6 is 0 Å². The monoisotopic (exact) mass is 376 g/mol. The first-order valence-electron chi connectivity index (χ1n) is 7.78. The summed E-state index contributed by atoms with van der Waals surface area (Å²) >= 11 is 0. The van der Waals surface area contributed by atoms with Gasteiger partial charge in [-0.05, 0) is 31.4 Å². The minimum Gasteiger partial charge on any atom is -0.351 e. The molecule has 0 fully saturated rings. The lowest BCUT2D eigenvalue weighted by molar-refractivity contribution is -0.155. The maximum atomic E-state index is 12.6. The molecule has 0 aliphatic rings. The number of nitrogens with zero attached hydrogens (tertiary/aromatic N) is 1. The number of aromatic nitrogens is 1. The van der Waals surface area contributed by atoms with Crippen LogP contribution in [0, 0.1) is 0 Å². The minimum absolute atomic E-state index is 0.0318. The number of alkyl halides is 3. The summed E-state index contributed by atoms with van der Waals surface area (Å²) < 4.78 is 70.0. The molecule has 1 heterocycles. The Balaban J connectivity index is 2.49. The van der Waals surface area contributed by atoms with E-state index in [0.29, 0.717) is 18.4 Å². The van der Waals surface area contributed by atoms with Gasteiger partial charge in [-0.25, -0.2) is 13.1 Å². The van der Waals surface area contributed by atoms with Gasteiger partial charge in [-0.2, -0.15) is 13.2 Å². The molecule has 0 spiro atoms. The fourth-order valence-electron chi connectivity index (χ4n) is 2.21. The van der Waals surface area contributed by atoms with Crippen LogP contribution in [-0.4, -0.2) is 19.6 Å². The second kappa shape index (κ2) is 7.17. The van der Waals surface area contributed by atoms with Crippen LogP contribution in [0.2, 0.25) is 0 Å². The van der Waals surface area contributed by atoms with Crippen LogP contribution in [0.3, 0.4) is 0 Å². The number of hydrogen-bond acceptors (Lipinski definition) is 4. The number of benzene rings is 1. The zero-order valence-electron chi connectivity index (χ0n) is 14.0. The predicted octanol–water partition coefficient (Wildman–Crippen LogP) is 4.00. The number of halogens is 3. The molecule has 1 aromatic heterocycles. The van der Waals surface area contributed by atoms with Crippen LogP contribution in [0.25, 0.3) is 11.3 Å². The zero-order valence-corrected chi connectivity index (χ0v) is 14.8. The minimum atomic E-state index is -4.65. The van der Waals surface area contributed by atoms with E-state index in [-0.39, 0.29) is 22.2 Å². The molecule has 0 aliphatic carbocycles. The van der Waals surface area contributed by atoms with Gasteiger partial charge in [-0.3, -0.25) is 0 Å². The van der Waals surface area contributed by atoms with Crippen molar-refractivity contribution in [3.8, 4) is 11.3 Å². The van der Waals surface area contributed by atoms with Crippen molar-refractivity contribution in [3.05, 3.63) is 35.6 Å². The van der Waals surface area contributed by atoms with Crippen molar-refractivity contribution < 1.29 is 26.1 Å². The molecule has 0 radical (unpaired) electrons. The first-order chi connectivity index (χ1) is 11.6. The highest BCUT2D eigenvalue weighted by atomic mass is 32.2. The second-order valence-corrected chi connectivity index (χ2v) is 7.36. The highest BCUT2D eigenvalue weighted by Gasteiger charge is 2.36. The number of rotatable bonds is 6. The second-order valence-electron chi connectivity index (χ2n) is 5.68. The molecule has 0 saturated heterocycles. The number of hydrogen-bond donors (Lipinski definition) is 1. The number of nitrogens with one attached hydrogen (secondary N) is 1. The SMILES string of the molecule is CCc1ccc(-c2cc(C(F)(F)F)on2)cc1S(=O)(=O)NC(C)CC. The molecule has 0 aliphatic heterocycles. The van der Waals surface area contributed by atoms with Crippen LogP contribution in [0.15, 0.2) is 33.7 Å². The molecular weight excluding hydrogens is 357 g/mol. The van der Waals surface area contributed by atoms with E-state index in [1.54, 1.807) is 19.9 Å². The molecule has 0 bridgehead atoms. The summed E-state index contributed by atoms with van der Waals surface area (Å²) in [6, 6.07) is 4.91. The van der Waals surface area contributed by atoms with Crippen molar-refractivity contribution in [1.82, 2.24) is 9.88 Å². The summed E-state index contributed by atoms with van der Waals surface area (Å²) in [6.07, 6.45) is -3.58. The maximum absolute atomic E-state index is 12.6. The van der Waals surface area contributed by atoms with E-state index in [9.17, 15) is 21.6 Å². The van der Waals surface area contributed by atoms with Gasteiger partial charge in [0.1, 0.15) is 5.69 Å². The maximum Gasteiger partial charge on any atom is 0.452 e. The fraction of sp³-hybridized carbons (Fsp3) is 0.438. The lowest BCUT2D eigenvalue weighted by Crippen LogP contribution is -2.32. The molecule has 5 nitrogen and oxygen atoms in total. The normalized spacial score (nSPS) is 13.8. The average Bonchev–Trinajstić information content (AvgIpc) is 3.04. The molecule has 1 atom stereocenters. The van der Waals surface area contributed by atoms with Crippen LogP contribution in [0.4, 0.5) is 13.2 Å². The predicted molar refractivity (Wildman–Crippen MR) is 86.4 cm³/mol. The molecule has 2 rings (SSSR count). The molecule has 9 heteroatoms. The summed E-state index contributed by atoms with van der Waals surface area (Å²) in [5.41, 5.74) is 0.732. The Bertz CT molecular complexity index is 845. The van der Waals surface area contributed by atoms with Crippen molar-refractivity contribution in [3.63, 3.8) is 0 Å². The largest absolute Gasteiger partial charge is 0.452 e. The van der Waals surface area contributed by atoms with Crippen LogP contribution in [-0.2, 0) is 22.6 Å². The van der Waals surface area contributed by atoms with Gasteiger partial charge < -0.3 is 4.52 Å². The Hall–Kier alpha value is -1.87. The fourth-order valence-corrected chi connectivity index (χ4v) is 3.88. The number of aryl methyl sites for hydroxylation is 1. The Labute approximate surface area is 144 Å². The van der Waals surface area contributed by atoms with Gasteiger partial charge in [0.05, 0.1) is 4.90 Å². The van der Waals surface area contributed by atoms with Crippen LogP contribution in [0.1, 0.15) is 38.5 Å². The quantitative estimate of drug-likeness (QED) is 0.827. The standard InChI is InChI=1S/C16H19F3N2O3S/c1-4-10(3)21-25(22,23)14-8-12(7-6-11(14)5-2)13-9-15(24-20-13)16(17,18)19/h6-10,21H,4-5H2,1-3H3. The summed E-state index contributed by atoms with van der Waals surface area (Å²) in [7, 11) is -3.80. The molecule has 138 valence electrons. The average molecular weight is 376 g/mol. The topological polar surface area (TPSA) is 72.2 Å². The van der Waals surface area contributed by atoms with Crippen LogP contribution in [0.5, 0.6) is 0 Å². The van der Waals surface area contributed by atoms with Gasteiger partial charge in [0.2, 0.25) is 15.8 Å². The van der Waals surface area contributed by atoms with E-state index in [1.165, 1.54) is 12.1 Å². The highest BCUT2D eigenvalue weighted by molar-refractivity contribution is 7.89. The first-order valence-corrected chi connectivity index (χ1v) is 9.26. The van der Waals surface area contributed by atoms with E-state index in [2.05, 4.69) is 14.4 Å². The van der Waals surface area contributed by atoms with Gasteiger partial charge >= 0.3 is 6.18 Å². The molecule has 1 aromatic carbocycles. The smallest absolute Gasteiger partial charge is 0.351 e. The van der Waals surface area contributed by atoms with Gasteiger partial charge in [0.25, 0.3) is 0 Å². The molecular formula is C16H19F3N2O3S. The zero-order chi connectivity index (χ0) is 18.8. The lowest BCUT2D eigenvalue weighted by atomic mass is 10.1. The van der Waals surface area contributed by atoms with Crippen molar-refractivity contribution in [2.24, 2.45) is 0 Å². The summed E-state index contributed by atoms with van der Waals surface area (Å²) in [5, 5.41) is 3.40.